The number of halogens is 2. The van der Waals surface area contributed by atoms with Crippen LogP contribution < -0.4 is 0 Å². The molecule has 1 nitrogen and oxygen atoms in total. The van der Waals surface area contributed by atoms with E-state index in [0.717, 1.165) is 11.1 Å². The lowest BCUT2D eigenvalue weighted by Crippen LogP contribution is -1.94. The summed E-state index contributed by atoms with van der Waals surface area (Å²) in [5.41, 5.74) is 2.41. The molecule has 0 bridgehead atoms. The first-order valence-electron chi connectivity index (χ1n) is 5.11. The summed E-state index contributed by atoms with van der Waals surface area (Å²) in [6, 6.07) is 7.16. The Morgan fingerprint density at radius 1 is 1.31 bits per heavy atom. The zero-order valence-electron chi connectivity index (χ0n) is 8.87. The van der Waals surface area contributed by atoms with Crippen LogP contribution in [0.15, 0.2) is 36.7 Å². The molecule has 0 atom stereocenters. The minimum absolute atomic E-state index is 0.171. The molecule has 0 saturated carbocycles. The number of benzene rings is 1. The van der Waals surface area contributed by atoms with Crippen molar-refractivity contribution in [3.8, 4) is 11.1 Å². The molecule has 82 valence electrons. The van der Waals surface area contributed by atoms with Crippen LogP contribution in [0, 0.1) is 5.82 Å². The molecule has 2 rings (SSSR count). The van der Waals surface area contributed by atoms with Crippen LogP contribution in [0.2, 0.25) is 5.02 Å². The standard InChI is InChI=1S/C13H11ClFN/c1-2-10-11(5-6-12(14)13(10)15)9-4-3-7-16-8-9/h3-8H,2H2,1H3. The van der Waals surface area contributed by atoms with Crippen LogP contribution in [0.25, 0.3) is 11.1 Å². The van der Waals surface area contributed by atoms with Gasteiger partial charge in [-0.25, -0.2) is 4.39 Å². The number of nitrogens with zero attached hydrogens (tertiary/aromatic N) is 1. The third-order valence-electron chi connectivity index (χ3n) is 2.52. The molecule has 0 aliphatic heterocycles. The first kappa shape index (κ1) is 11.1. The highest BCUT2D eigenvalue weighted by Crippen LogP contribution is 2.29. The Labute approximate surface area is 98.9 Å². The Balaban J connectivity index is 2.62. The van der Waals surface area contributed by atoms with Gasteiger partial charge < -0.3 is 0 Å². The van der Waals surface area contributed by atoms with Gasteiger partial charge in [-0.1, -0.05) is 30.7 Å². The van der Waals surface area contributed by atoms with E-state index >= 15 is 0 Å². The van der Waals surface area contributed by atoms with Gasteiger partial charge in [0.1, 0.15) is 5.82 Å². The summed E-state index contributed by atoms with van der Waals surface area (Å²) in [4.78, 5) is 4.03. The van der Waals surface area contributed by atoms with Gasteiger partial charge in [0.05, 0.1) is 5.02 Å². The van der Waals surface area contributed by atoms with Crippen LogP contribution in [0.1, 0.15) is 12.5 Å². The highest BCUT2D eigenvalue weighted by Gasteiger charge is 2.11. The van der Waals surface area contributed by atoms with Crippen molar-refractivity contribution >= 4 is 11.6 Å². The molecule has 1 heterocycles. The van der Waals surface area contributed by atoms with E-state index in [4.69, 9.17) is 11.6 Å². The second kappa shape index (κ2) is 4.62. The predicted octanol–water partition coefficient (Wildman–Crippen LogP) is 4.10. The fraction of sp³-hybridized carbons (Fsp3) is 0.154. The van der Waals surface area contributed by atoms with Gasteiger partial charge in [0, 0.05) is 18.0 Å². The minimum Gasteiger partial charge on any atom is -0.264 e. The van der Waals surface area contributed by atoms with Crippen molar-refractivity contribution in [1.82, 2.24) is 4.98 Å². The second-order valence-corrected chi connectivity index (χ2v) is 3.89. The van der Waals surface area contributed by atoms with E-state index in [2.05, 4.69) is 4.98 Å². The summed E-state index contributed by atoms with van der Waals surface area (Å²) < 4.78 is 13.8. The number of pyridine rings is 1. The molecule has 1 aromatic heterocycles. The molecule has 0 radical (unpaired) electrons. The van der Waals surface area contributed by atoms with Crippen LogP contribution in [0.3, 0.4) is 0 Å². The molecule has 0 aliphatic carbocycles. The smallest absolute Gasteiger partial charge is 0.145 e. The van der Waals surface area contributed by atoms with Crippen LogP contribution >= 0.6 is 11.6 Å². The molecule has 2 aromatic rings. The lowest BCUT2D eigenvalue weighted by molar-refractivity contribution is 0.613. The van der Waals surface area contributed by atoms with E-state index in [1.54, 1.807) is 18.5 Å². The van der Waals surface area contributed by atoms with E-state index in [-0.39, 0.29) is 10.8 Å². The third-order valence-corrected chi connectivity index (χ3v) is 2.81. The molecule has 0 spiro atoms. The van der Waals surface area contributed by atoms with Gasteiger partial charge in [0.2, 0.25) is 0 Å². The normalized spacial score (nSPS) is 10.4. The Kier molecular flexibility index (Phi) is 3.20. The molecular weight excluding hydrogens is 225 g/mol. The quantitative estimate of drug-likeness (QED) is 0.764. The van der Waals surface area contributed by atoms with Crippen molar-refractivity contribution in [3.05, 3.63) is 53.1 Å². The maximum atomic E-state index is 13.8. The van der Waals surface area contributed by atoms with E-state index in [0.29, 0.717) is 12.0 Å². The Morgan fingerprint density at radius 2 is 2.12 bits per heavy atom. The maximum absolute atomic E-state index is 13.8. The summed E-state index contributed by atoms with van der Waals surface area (Å²) in [5.74, 6) is -0.328. The highest BCUT2D eigenvalue weighted by molar-refractivity contribution is 6.30. The largest absolute Gasteiger partial charge is 0.264 e. The number of aromatic nitrogens is 1. The molecule has 0 saturated heterocycles. The van der Waals surface area contributed by atoms with Crippen molar-refractivity contribution < 1.29 is 4.39 Å². The monoisotopic (exact) mass is 235 g/mol. The summed E-state index contributed by atoms with van der Waals surface area (Å²) in [5, 5.41) is 0.171. The fourth-order valence-corrected chi connectivity index (χ4v) is 1.91. The molecule has 0 aliphatic rings. The Hall–Kier alpha value is -1.41. The average molecular weight is 236 g/mol. The van der Waals surface area contributed by atoms with Gasteiger partial charge in [-0.05, 0) is 29.7 Å². The average Bonchev–Trinajstić information content (AvgIpc) is 2.33. The van der Waals surface area contributed by atoms with Crippen molar-refractivity contribution in [3.63, 3.8) is 0 Å². The van der Waals surface area contributed by atoms with Crippen LogP contribution in [0.5, 0.6) is 0 Å². The molecule has 0 N–H and O–H groups in total. The topological polar surface area (TPSA) is 12.9 Å². The molecule has 0 fully saturated rings. The Morgan fingerprint density at radius 3 is 2.75 bits per heavy atom. The minimum atomic E-state index is -0.328. The van der Waals surface area contributed by atoms with Crippen LogP contribution in [-0.2, 0) is 6.42 Å². The summed E-state index contributed by atoms with van der Waals surface area (Å²) in [6.45, 7) is 1.91. The maximum Gasteiger partial charge on any atom is 0.145 e. The SMILES string of the molecule is CCc1c(-c2cccnc2)ccc(Cl)c1F. The lowest BCUT2D eigenvalue weighted by Gasteiger charge is -2.09. The number of rotatable bonds is 2. The highest BCUT2D eigenvalue weighted by atomic mass is 35.5. The van der Waals surface area contributed by atoms with E-state index in [9.17, 15) is 4.39 Å². The van der Waals surface area contributed by atoms with E-state index in [1.807, 2.05) is 25.1 Å². The van der Waals surface area contributed by atoms with Gasteiger partial charge in [-0.3, -0.25) is 4.98 Å². The molecule has 3 heteroatoms. The first-order valence-corrected chi connectivity index (χ1v) is 5.49. The van der Waals surface area contributed by atoms with Crippen molar-refractivity contribution in [2.24, 2.45) is 0 Å². The van der Waals surface area contributed by atoms with Gasteiger partial charge in [0.15, 0.2) is 0 Å². The molecule has 16 heavy (non-hydrogen) atoms. The number of hydrogen-bond acceptors (Lipinski definition) is 1. The first-order chi connectivity index (χ1) is 7.74. The van der Waals surface area contributed by atoms with Crippen molar-refractivity contribution in [2.75, 3.05) is 0 Å². The van der Waals surface area contributed by atoms with Gasteiger partial charge in [0.25, 0.3) is 0 Å². The molecular formula is C13H11ClFN. The second-order valence-electron chi connectivity index (χ2n) is 3.48. The third kappa shape index (κ3) is 1.93. The summed E-state index contributed by atoms with van der Waals surface area (Å²) in [6.07, 6.45) is 4.03. The van der Waals surface area contributed by atoms with Crippen LogP contribution in [-0.4, -0.2) is 4.98 Å². The number of hydrogen-bond donors (Lipinski definition) is 0. The molecule has 0 amide bonds. The zero-order chi connectivity index (χ0) is 11.5. The van der Waals surface area contributed by atoms with Gasteiger partial charge >= 0.3 is 0 Å². The predicted molar refractivity (Wildman–Crippen MR) is 64.0 cm³/mol. The summed E-state index contributed by atoms with van der Waals surface area (Å²) >= 11 is 5.76. The fourth-order valence-electron chi connectivity index (χ4n) is 1.73. The molecule has 1 aromatic carbocycles. The molecule has 0 unspecified atom stereocenters. The van der Waals surface area contributed by atoms with Crippen molar-refractivity contribution in [1.29, 1.82) is 0 Å². The lowest BCUT2D eigenvalue weighted by atomic mass is 9.99. The zero-order valence-corrected chi connectivity index (χ0v) is 9.63. The van der Waals surface area contributed by atoms with Crippen LogP contribution in [0.4, 0.5) is 4.39 Å². The summed E-state index contributed by atoms with van der Waals surface area (Å²) in [7, 11) is 0. The Bertz CT molecular complexity index is 497. The van der Waals surface area contributed by atoms with Gasteiger partial charge in [-0.2, -0.15) is 0 Å². The van der Waals surface area contributed by atoms with E-state index in [1.165, 1.54) is 0 Å². The van der Waals surface area contributed by atoms with E-state index < -0.39 is 0 Å². The van der Waals surface area contributed by atoms with Crippen molar-refractivity contribution in [2.45, 2.75) is 13.3 Å². The van der Waals surface area contributed by atoms with Gasteiger partial charge in [-0.15, -0.1) is 0 Å².